The molecular formula is C12H16N6O4S. The van der Waals surface area contributed by atoms with E-state index in [4.69, 9.17) is 21.1 Å². The van der Waals surface area contributed by atoms with Crippen LogP contribution in [0.15, 0.2) is 23.4 Å². The topological polar surface area (TPSA) is 160 Å². The SMILES string of the molecule is NC(Cc1cccc(CSc2nnnn2CC(=O)O)n1)C(O)O. The lowest BCUT2D eigenvalue weighted by Crippen LogP contribution is -2.36. The largest absolute Gasteiger partial charge is 0.480 e. The van der Waals surface area contributed by atoms with E-state index in [2.05, 4.69) is 20.5 Å². The average molecular weight is 340 g/mol. The summed E-state index contributed by atoms with van der Waals surface area (Å²) in [5.41, 5.74) is 6.94. The summed E-state index contributed by atoms with van der Waals surface area (Å²) in [5, 5.41) is 38.0. The van der Waals surface area contributed by atoms with Crippen LogP contribution in [-0.4, -0.2) is 58.8 Å². The molecule has 1 unspecified atom stereocenters. The van der Waals surface area contributed by atoms with E-state index in [0.29, 0.717) is 16.6 Å². The maximum Gasteiger partial charge on any atom is 0.325 e. The van der Waals surface area contributed by atoms with Gasteiger partial charge < -0.3 is 21.1 Å². The lowest BCUT2D eigenvalue weighted by molar-refractivity contribution is -0.138. The third-order valence-corrected chi connectivity index (χ3v) is 3.82. The van der Waals surface area contributed by atoms with E-state index >= 15 is 0 Å². The second-order valence-electron chi connectivity index (χ2n) is 4.70. The van der Waals surface area contributed by atoms with Gasteiger partial charge in [0.2, 0.25) is 5.16 Å². The zero-order valence-electron chi connectivity index (χ0n) is 12.0. The zero-order valence-corrected chi connectivity index (χ0v) is 12.8. The summed E-state index contributed by atoms with van der Waals surface area (Å²) >= 11 is 1.25. The molecule has 0 bridgehead atoms. The Kier molecular flexibility index (Phi) is 5.98. The third-order valence-electron chi connectivity index (χ3n) is 2.83. The van der Waals surface area contributed by atoms with E-state index in [1.54, 1.807) is 18.2 Å². The second-order valence-corrected chi connectivity index (χ2v) is 5.65. The smallest absolute Gasteiger partial charge is 0.325 e. The van der Waals surface area contributed by atoms with Gasteiger partial charge in [0.05, 0.1) is 11.7 Å². The van der Waals surface area contributed by atoms with Gasteiger partial charge in [-0.2, -0.15) is 0 Å². The number of rotatable bonds is 8. The molecular weight excluding hydrogens is 324 g/mol. The Morgan fingerprint density at radius 2 is 2.09 bits per heavy atom. The van der Waals surface area contributed by atoms with Crippen molar-refractivity contribution in [3.05, 3.63) is 29.6 Å². The molecule has 124 valence electrons. The summed E-state index contributed by atoms with van der Waals surface area (Å²) in [6.07, 6.45) is -1.37. The summed E-state index contributed by atoms with van der Waals surface area (Å²) in [4.78, 5) is 15.1. The summed E-state index contributed by atoms with van der Waals surface area (Å²) in [7, 11) is 0. The Morgan fingerprint density at radius 1 is 1.35 bits per heavy atom. The van der Waals surface area contributed by atoms with Crippen molar-refractivity contribution in [1.82, 2.24) is 25.2 Å². The maximum atomic E-state index is 10.7. The summed E-state index contributed by atoms with van der Waals surface area (Å²) < 4.78 is 1.19. The van der Waals surface area contributed by atoms with Gasteiger partial charge in [-0.15, -0.1) is 5.10 Å². The van der Waals surface area contributed by atoms with Crippen LogP contribution >= 0.6 is 11.8 Å². The van der Waals surface area contributed by atoms with Crippen molar-refractivity contribution in [3.8, 4) is 0 Å². The molecule has 0 aliphatic heterocycles. The highest BCUT2D eigenvalue weighted by Crippen LogP contribution is 2.19. The number of carboxylic acids is 1. The van der Waals surface area contributed by atoms with Crippen molar-refractivity contribution >= 4 is 17.7 Å². The minimum atomic E-state index is -1.60. The minimum Gasteiger partial charge on any atom is -0.480 e. The Labute approximate surface area is 135 Å². The number of nitrogens with zero attached hydrogens (tertiary/aromatic N) is 5. The van der Waals surface area contributed by atoms with Gasteiger partial charge in [-0.05, 0) is 22.6 Å². The van der Waals surface area contributed by atoms with Gasteiger partial charge in [0, 0.05) is 17.9 Å². The number of aliphatic hydroxyl groups is 2. The van der Waals surface area contributed by atoms with Crippen LogP contribution in [0.1, 0.15) is 11.4 Å². The highest BCUT2D eigenvalue weighted by molar-refractivity contribution is 7.98. The maximum absolute atomic E-state index is 10.7. The van der Waals surface area contributed by atoms with Crippen LogP contribution in [0, 0.1) is 0 Å². The van der Waals surface area contributed by atoms with E-state index in [1.807, 2.05) is 0 Å². The number of aliphatic carboxylic acids is 1. The lowest BCUT2D eigenvalue weighted by atomic mass is 10.1. The van der Waals surface area contributed by atoms with Crippen LogP contribution in [0.4, 0.5) is 0 Å². The Hall–Kier alpha value is -2.08. The molecule has 11 heteroatoms. The predicted molar refractivity (Wildman–Crippen MR) is 79.2 cm³/mol. The van der Waals surface area contributed by atoms with Gasteiger partial charge in [-0.3, -0.25) is 9.78 Å². The van der Waals surface area contributed by atoms with Gasteiger partial charge in [0.1, 0.15) is 6.54 Å². The fourth-order valence-electron chi connectivity index (χ4n) is 1.74. The van der Waals surface area contributed by atoms with Crippen molar-refractivity contribution in [2.75, 3.05) is 0 Å². The molecule has 0 fully saturated rings. The molecule has 0 radical (unpaired) electrons. The second kappa shape index (κ2) is 7.97. The van der Waals surface area contributed by atoms with Crippen molar-refractivity contribution in [2.24, 2.45) is 5.73 Å². The Bertz CT molecular complexity index is 665. The zero-order chi connectivity index (χ0) is 16.8. The van der Waals surface area contributed by atoms with Crippen molar-refractivity contribution in [3.63, 3.8) is 0 Å². The van der Waals surface area contributed by atoms with Crippen molar-refractivity contribution in [1.29, 1.82) is 0 Å². The third kappa shape index (κ3) is 5.25. The molecule has 0 saturated heterocycles. The van der Waals surface area contributed by atoms with E-state index in [-0.39, 0.29) is 13.0 Å². The Morgan fingerprint density at radius 3 is 2.78 bits per heavy atom. The summed E-state index contributed by atoms with van der Waals surface area (Å²) in [6, 6.07) is 4.51. The molecule has 0 saturated carbocycles. The predicted octanol–water partition coefficient (Wildman–Crippen LogP) is -1.37. The number of pyridine rings is 1. The first kappa shape index (κ1) is 17.3. The normalized spacial score (nSPS) is 12.5. The molecule has 2 rings (SSSR count). The molecule has 0 aliphatic rings. The molecule has 5 N–H and O–H groups in total. The fraction of sp³-hybridized carbons (Fsp3) is 0.417. The molecule has 23 heavy (non-hydrogen) atoms. The van der Waals surface area contributed by atoms with Crippen LogP contribution in [0.2, 0.25) is 0 Å². The number of carbonyl (C=O) groups is 1. The molecule has 2 aromatic rings. The fourth-order valence-corrected chi connectivity index (χ4v) is 2.52. The molecule has 10 nitrogen and oxygen atoms in total. The number of thioether (sulfide) groups is 1. The van der Waals surface area contributed by atoms with Crippen LogP contribution < -0.4 is 5.73 Å². The minimum absolute atomic E-state index is 0.229. The number of tetrazole rings is 1. The molecule has 2 aromatic heterocycles. The number of aromatic nitrogens is 5. The molecule has 1 atom stereocenters. The van der Waals surface area contributed by atoms with Gasteiger partial charge in [0.15, 0.2) is 6.29 Å². The number of aliphatic hydroxyl groups excluding tert-OH is 1. The van der Waals surface area contributed by atoms with E-state index in [1.165, 1.54) is 16.4 Å². The molecule has 2 heterocycles. The highest BCUT2D eigenvalue weighted by Gasteiger charge is 2.14. The van der Waals surface area contributed by atoms with Gasteiger partial charge >= 0.3 is 5.97 Å². The van der Waals surface area contributed by atoms with E-state index < -0.39 is 18.3 Å². The molecule has 0 spiro atoms. The van der Waals surface area contributed by atoms with Crippen molar-refractivity contribution in [2.45, 2.75) is 36.2 Å². The van der Waals surface area contributed by atoms with Crippen LogP contribution in [0.5, 0.6) is 0 Å². The number of carboxylic acid groups (broad SMARTS) is 1. The summed E-state index contributed by atoms with van der Waals surface area (Å²) in [6.45, 7) is -0.313. The Balaban J connectivity index is 1.98. The van der Waals surface area contributed by atoms with E-state index in [0.717, 1.165) is 5.69 Å². The first-order valence-corrected chi connectivity index (χ1v) is 7.61. The van der Waals surface area contributed by atoms with Crippen molar-refractivity contribution < 1.29 is 20.1 Å². The molecule has 0 aromatic carbocycles. The van der Waals surface area contributed by atoms with Crippen LogP contribution in [0.3, 0.4) is 0 Å². The number of nitrogens with two attached hydrogens (primary N) is 1. The molecule has 0 amide bonds. The summed E-state index contributed by atoms with van der Waals surface area (Å²) in [5.74, 6) is -0.596. The number of hydrogen-bond donors (Lipinski definition) is 4. The van der Waals surface area contributed by atoms with E-state index in [9.17, 15) is 4.79 Å². The van der Waals surface area contributed by atoms with Gasteiger partial charge in [0.25, 0.3) is 0 Å². The van der Waals surface area contributed by atoms with Gasteiger partial charge in [-0.25, -0.2) is 4.68 Å². The monoisotopic (exact) mass is 340 g/mol. The highest BCUT2D eigenvalue weighted by atomic mass is 32.2. The first-order valence-electron chi connectivity index (χ1n) is 6.63. The standard InChI is InChI=1S/C12H16N6O4S/c13-9(11(21)22)4-7-2-1-3-8(14-7)6-23-12-15-16-17-18(12)5-10(19)20/h1-3,9,11,21-22H,4-6,13H2,(H,19,20). The van der Waals surface area contributed by atoms with Crippen LogP contribution in [-0.2, 0) is 23.5 Å². The number of hydrogen-bond acceptors (Lipinski definition) is 9. The molecule has 0 aliphatic carbocycles. The lowest BCUT2D eigenvalue weighted by Gasteiger charge is -2.13. The quantitative estimate of drug-likeness (QED) is 0.333. The first-order chi connectivity index (χ1) is 11.0. The average Bonchev–Trinajstić information content (AvgIpc) is 2.92. The van der Waals surface area contributed by atoms with Gasteiger partial charge in [-0.1, -0.05) is 17.8 Å². The van der Waals surface area contributed by atoms with Crippen LogP contribution in [0.25, 0.3) is 0 Å².